The Balaban J connectivity index is 2.37. The van der Waals surface area contributed by atoms with Crippen LogP contribution in [0.3, 0.4) is 0 Å². The van der Waals surface area contributed by atoms with Crippen molar-refractivity contribution in [2.75, 3.05) is 4.72 Å². The average Bonchev–Trinajstić information content (AvgIpc) is 2.32. The van der Waals surface area contributed by atoms with Crippen LogP contribution in [0.25, 0.3) is 0 Å². The van der Waals surface area contributed by atoms with Crippen molar-refractivity contribution < 1.29 is 12.8 Å². The number of rotatable bonds is 3. The van der Waals surface area contributed by atoms with Gasteiger partial charge in [-0.05, 0) is 30.3 Å². The van der Waals surface area contributed by atoms with E-state index < -0.39 is 15.8 Å². The number of hydrogen-bond donors (Lipinski definition) is 1. The summed E-state index contributed by atoms with van der Waals surface area (Å²) in [4.78, 5) is -0.0155. The Labute approximate surface area is 109 Å². The second kappa shape index (κ2) is 4.96. The third-order valence-electron chi connectivity index (χ3n) is 2.22. The van der Waals surface area contributed by atoms with Crippen LogP contribution in [0.15, 0.2) is 53.4 Å². The highest BCUT2D eigenvalue weighted by atomic mass is 35.5. The normalized spacial score (nSPS) is 11.2. The molecule has 0 unspecified atom stereocenters. The molecule has 0 radical (unpaired) electrons. The molecule has 0 saturated carbocycles. The molecule has 0 amide bonds. The summed E-state index contributed by atoms with van der Waals surface area (Å²) in [6.07, 6.45) is 0. The number of nitrogens with one attached hydrogen (secondary N) is 1. The van der Waals surface area contributed by atoms with E-state index in [0.717, 1.165) is 0 Å². The minimum Gasteiger partial charge on any atom is -0.277 e. The first-order valence-corrected chi connectivity index (χ1v) is 6.88. The number of sulfonamides is 1. The van der Waals surface area contributed by atoms with Crippen LogP contribution in [0.5, 0.6) is 0 Å². The molecule has 0 aliphatic heterocycles. The van der Waals surface area contributed by atoms with Crippen LogP contribution < -0.4 is 4.72 Å². The summed E-state index contributed by atoms with van der Waals surface area (Å²) in [5, 5.41) is 0.298. The summed E-state index contributed by atoms with van der Waals surface area (Å²) in [6.45, 7) is 0. The topological polar surface area (TPSA) is 46.2 Å². The first kappa shape index (κ1) is 12.9. The zero-order valence-corrected chi connectivity index (χ0v) is 10.7. The Kier molecular flexibility index (Phi) is 3.54. The summed E-state index contributed by atoms with van der Waals surface area (Å²) in [7, 11) is -3.83. The molecular weight excluding hydrogens is 277 g/mol. The highest BCUT2D eigenvalue weighted by Gasteiger charge is 2.16. The molecular formula is C12H9ClFNO2S. The van der Waals surface area contributed by atoms with Crippen LogP contribution in [-0.2, 0) is 10.0 Å². The fourth-order valence-corrected chi connectivity index (χ4v) is 2.75. The van der Waals surface area contributed by atoms with E-state index in [0.29, 0.717) is 5.02 Å². The van der Waals surface area contributed by atoms with E-state index in [1.165, 1.54) is 36.4 Å². The number of benzene rings is 2. The Morgan fingerprint density at radius 3 is 2.44 bits per heavy atom. The minimum atomic E-state index is -3.83. The molecule has 0 heterocycles. The van der Waals surface area contributed by atoms with E-state index in [1.54, 1.807) is 12.1 Å². The Morgan fingerprint density at radius 1 is 1.06 bits per heavy atom. The lowest BCUT2D eigenvalue weighted by Gasteiger charge is -2.08. The molecule has 0 aromatic heterocycles. The van der Waals surface area contributed by atoms with Crippen LogP contribution in [-0.4, -0.2) is 8.42 Å². The van der Waals surface area contributed by atoms with Crippen molar-refractivity contribution in [3.8, 4) is 0 Å². The SMILES string of the molecule is O=S(=O)(Nc1ccccc1F)c1cccc(Cl)c1. The number of para-hydroxylation sites is 1. The van der Waals surface area contributed by atoms with Gasteiger partial charge in [-0.25, -0.2) is 12.8 Å². The molecule has 18 heavy (non-hydrogen) atoms. The van der Waals surface area contributed by atoms with Crippen molar-refractivity contribution in [1.82, 2.24) is 0 Å². The number of hydrogen-bond acceptors (Lipinski definition) is 2. The third-order valence-corrected chi connectivity index (χ3v) is 3.82. The van der Waals surface area contributed by atoms with Crippen LogP contribution >= 0.6 is 11.6 Å². The van der Waals surface area contributed by atoms with Crippen LogP contribution in [0.4, 0.5) is 10.1 Å². The van der Waals surface area contributed by atoms with Crippen molar-refractivity contribution in [2.24, 2.45) is 0 Å². The highest BCUT2D eigenvalue weighted by molar-refractivity contribution is 7.92. The van der Waals surface area contributed by atoms with Gasteiger partial charge in [-0.3, -0.25) is 4.72 Å². The largest absolute Gasteiger partial charge is 0.277 e. The molecule has 2 aromatic rings. The van der Waals surface area contributed by atoms with Gasteiger partial charge in [0, 0.05) is 5.02 Å². The number of halogens is 2. The second-order valence-corrected chi connectivity index (χ2v) is 5.66. The second-order valence-electron chi connectivity index (χ2n) is 3.54. The molecule has 6 heteroatoms. The molecule has 2 rings (SSSR count). The molecule has 94 valence electrons. The minimum absolute atomic E-state index is 0.0155. The van der Waals surface area contributed by atoms with Gasteiger partial charge in [0.2, 0.25) is 0 Å². The molecule has 0 atom stereocenters. The van der Waals surface area contributed by atoms with Gasteiger partial charge >= 0.3 is 0 Å². The van der Waals surface area contributed by atoms with Crippen molar-refractivity contribution in [2.45, 2.75) is 4.90 Å². The van der Waals surface area contributed by atoms with Gasteiger partial charge in [0.05, 0.1) is 10.6 Å². The van der Waals surface area contributed by atoms with Gasteiger partial charge in [-0.1, -0.05) is 29.8 Å². The van der Waals surface area contributed by atoms with Gasteiger partial charge in [0.1, 0.15) is 5.82 Å². The van der Waals surface area contributed by atoms with Crippen molar-refractivity contribution >= 4 is 27.3 Å². The molecule has 0 spiro atoms. The van der Waals surface area contributed by atoms with E-state index >= 15 is 0 Å². The standard InChI is InChI=1S/C12H9ClFNO2S/c13-9-4-3-5-10(8-9)18(16,17)15-12-7-2-1-6-11(12)14/h1-8,15H. The number of anilines is 1. The third kappa shape index (κ3) is 2.80. The lowest BCUT2D eigenvalue weighted by molar-refractivity contribution is 0.598. The smallest absolute Gasteiger partial charge is 0.262 e. The Morgan fingerprint density at radius 2 is 1.78 bits per heavy atom. The lowest BCUT2D eigenvalue weighted by Crippen LogP contribution is -2.13. The predicted molar refractivity (Wildman–Crippen MR) is 68.7 cm³/mol. The maximum absolute atomic E-state index is 13.4. The van der Waals surface area contributed by atoms with E-state index in [1.807, 2.05) is 0 Å². The molecule has 0 fully saturated rings. The summed E-state index contributed by atoms with van der Waals surface area (Å²) >= 11 is 5.72. The van der Waals surface area contributed by atoms with Gasteiger partial charge < -0.3 is 0 Å². The van der Waals surface area contributed by atoms with Crippen molar-refractivity contribution in [1.29, 1.82) is 0 Å². The van der Waals surface area contributed by atoms with E-state index in [9.17, 15) is 12.8 Å². The molecule has 0 aliphatic carbocycles. The van der Waals surface area contributed by atoms with Crippen molar-refractivity contribution in [3.05, 3.63) is 59.4 Å². The zero-order chi connectivity index (χ0) is 13.2. The highest BCUT2D eigenvalue weighted by Crippen LogP contribution is 2.20. The molecule has 0 saturated heterocycles. The van der Waals surface area contributed by atoms with Crippen LogP contribution in [0.2, 0.25) is 5.02 Å². The predicted octanol–water partition coefficient (Wildman–Crippen LogP) is 3.28. The van der Waals surface area contributed by atoms with E-state index in [-0.39, 0.29) is 10.6 Å². The van der Waals surface area contributed by atoms with Gasteiger partial charge in [-0.2, -0.15) is 0 Å². The zero-order valence-electron chi connectivity index (χ0n) is 9.10. The fourth-order valence-electron chi connectivity index (χ4n) is 1.38. The molecule has 3 nitrogen and oxygen atoms in total. The summed E-state index contributed by atoms with van der Waals surface area (Å²) < 4.78 is 39.5. The monoisotopic (exact) mass is 285 g/mol. The summed E-state index contributed by atoms with van der Waals surface area (Å²) in [5.41, 5.74) is -0.0996. The molecule has 0 bridgehead atoms. The maximum atomic E-state index is 13.4. The quantitative estimate of drug-likeness (QED) is 0.941. The summed E-state index contributed by atoms with van der Waals surface area (Å²) in [6, 6.07) is 11.3. The molecule has 0 aliphatic rings. The summed E-state index contributed by atoms with van der Waals surface area (Å²) in [5.74, 6) is -0.636. The van der Waals surface area contributed by atoms with Gasteiger partial charge in [0.25, 0.3) is 10.0 Å². The van der Waals surface area contributed by atoms with Crippen LogP contribution in [0.1, 0.15) is 0 Å². The van der Waals surface area contributed by atoms with Crippen molar-refractivity contribution in [3.63, 3.8) is 0 Å². The molecule has 1 N–H and O–H groups in total. The first-order valence-electron chi connectivity index (χ1n) is 5.02. The van der Waals surface area contributed by atoms with Gasteiger partial charge in [0.15, 0.2) is 0 Å². The lowest BCUT2D eigenvalue weighted by atomic mass is 10.3. The van der Waals surface area contributed by atoms with E-state index in [4.69, 9.17) is 11.6 Å². The first-order chi connectivity index (χ1) is 8.49. The Bertz CT molecular complexity index is 673. The Hall–Kier alpha value is -1.59. The fraction of sp³-hybridized carbons (Fsp3) is 0. The molecule has 2 aromatic carbocycles. The maximum Gasteiger partial charge on any atom is 0.262 e. The average molecular weight is 286 g/mol. The van der Waals surface area contributed by atoms with Gasteiger partial charge in [-0.15, -0.1) is 0 Å². The van der Waals surface area contributed by atoms with Crippen LogP contribution in [0, 0.1) is 5.82 Å². The van der Waals surface area contributed by atoms with E-state index in [2.05, 4.69) is 4.72 Å².